The van der Waals surface area contributed by atoms with Crippen LogP contribution < -0.4 is 9.62 Å². The summed E-state index contributed by atoms with van der Waals surface area (Å²) in [6.07, 6.45) is 0. The van der Waals surface area contributed by atoms with Gasteiger partial charge in [-0.3, -0.25) is 9.52 Å². The molecule has 0 fully saturated rings. The van der Waals surface area contributed by atoms with Crippen molar-refractivity contribution in [1.82, 2.24) is 0 Å². The van der Waals surface area contributed by atoms with Crippen LogP contribution in [0.3, 0.4) is 0 Å². The van der Waals surface area contributed by atoms with E-state index in [2.05, 4.69) is 4.72 Å². The predicted molar refractivity (Wildman–Crippen MR) is 107 cm³/mol. The van der Waals surface area contributed by atoms with Gasteiger partial charge in [0.25, 0.3) is 15.9 Å². The lowest BCUT2D eigenvalue weighted by Crippen LogP contribution is -2.30. The fraction of sp³-hybridized carbons (Fsp3) is 0.0952. The fourth-order valence-electron chi connectivity index (χ4n) is 2.75. The highest BCUT2D eigenvalue weighted by molar-refractivity contribution is 7.92. The molecule has 0 aliphatic rings. The molecule has 0 aliphatic carbocycles. The number of para-hydroxylation sites is 1. The molecule has 1 N–H and O–H groups in total. The first kappa shape index (κ1) is 19.6. The van der Waals surface area contributed by atoms with Gasteiger partial charge in [-0.2, -0.15) is 0 Å². The fourth-order valence-corrected chi connectivity index (χ4v) is 3.80. The van der Waals surface area contributed by atoms with Crippen LogP contribution in [0.2, 0.25) is 0 Å². The molecule has 1 amide bonds. The Bertz CT molecular complexity index is 1070. The van der Waals surface area contributed by atoms with E-state index in [1.54, 1.807) is 4.90 Å². The van der Waals surface area contributed by atoms with E-state index in [0.717, 1.165) is 11.8 Å². The second kappa shape index (κ2) is 8.22. The number of halogens is 1. The number of hydrogen-bond donors (Lipinski definition) is 1. The molecule has 0 atom stereocenters. The SMILES string of the molecule is CCN(C(=O)c1ccc(S(=O)(=O)Nc2cccc(F)c2)cc1)c1ccccc1. The van der Waals surface area contributed by atoms with Gasteiger partial charge in [-0.05, 0) is 61.5 Å². The molecule has 0 aromatic heterocycles. The molecule has 0 saturated carbocycles. The van der Waals surface area contributed by atoms with Crippen LogP contribution in [0.4, 0.5) is 15.8 Å². The number of benzene rings is 3. The maximum absolute atomic E-state index is 13.3. The quantitative estimate of drug-likeness (QED) is 0.673. The summed E-state index contributed by atoms with van der Waals surface area (Å²) in [5.41, 5.74) is 1.26. The van der Waals surface area contributed by atoms with Crippen LogP contribution in [0.1, 0.15) is 17.3 Å². The lowest BCUT2D eigenvalue weighted by Gasteiger charge is -2.21. The largest absolute Gasteiger partial charge is 0.309 e. The summed E-state index contributed by atoms with van der Waals surface area (Å²) in [5, 5.41) is 0. The van der Waals surface area contributed by atoms with Gasteiger partial charge < -0.3 is 4.90 Å². The summed E-state index contributed by atoms with van der Waals surface area (Å²) in [7, 11) is -3.89. The van der Waals surface area contributed by atoms with Gasteiger partial charge >= 0.3 is 0 Å². The molecule has 3 rings (SSSR count). The second-order valence-electron chi connectivity index (χ2n) is 6.03. The van der Waals surface area contributed by atoms with Crippen molar-refractivity contribution in [2.45, 2.75) is 11.8 Å². The minimum Gasteiger partial charge on any atom is -0.309 e. The van der Waals surface area contributed by atoms with Crippen LogP contribution >= 0.6 is 0 Å². The summed E-state index contributed by atoms with van der Waals surface area (Å²) in [4.78, 5) is 14.4. The van der Waals surface area contributed by atoms with E-state index in [4.69, 9.17) is 0 Å². The van der Waals surface area contributed by atoms with Gasteiger partial charge in [-0.25, -0.2) is 12.8 Å². The molecule has 0 saturated heterocycles. The number of hydrogen-bond acceptors (Lipinski definition) is 3. The van der Waals surface area contributed by atoms with Crippen molar-refractivity contribution in [2.75, 3.05) is 16.2 Å². The van der Waals surface area contributed by atoms with Gasteiger partial charge in [0.1, 0.15) is 5.82 Å². The molecule has 28 heavy (non-hydrogen) atoms. The Kier molecular flexibility index (Phi) is 5.75. The average molecular weight is 398 g/mol. The van der Waals surface area contributed by atoms with Crippen molar-refractivity contribution >= 4 is 27.3 Å². The van der Waals surface area contributed by atoms with Gasteiger partial charge in [0, 0.05) is 17.8 Å². The van der Waals surface area contributed by atoms with Crippen LogP contribution in [0.15, 0.2) is 83.8 Å². The maximum Gasteiger partial charge on any atom is 0.261 e. The van der Waals surface area contributed by atoms with E-state index in [1.165, 1.54) is 42.5 Å². The molecule has 144 valence electrons. The summed E-state index contributed by atoms with van der Waals surface area (Å²) in [6, 6.07) is 20.1. The van der Waals surface area contributed by atoms with Crippen molar-refractivity contribution in [1.29, 1.82) is 0 Å². The summed E-state index contributed by atoms with van der Waals surface area (Å²) >= 11 is 0. The number of amides is 1. The Hall–Kier alpha value is -3.19. The third-order valence-electron chi connectivity index (χ3n) is 4.12. The Morgan fingerprint density at radius 2 is 1.64 bits per heavy atom. The number of anilines is 2. The first-order chi connectivity index (χ1) is 13.4. The summed E-state index contributed by atoms with van der Waals surface area (Å²) in [6.45, 7) is 2.34. The highest BCUT2D eigenvalue weighted by atomic mass is 32.2. The first-order valence-corrected chi connectivity index (χ1v) is 10.1. The van der Waals surface area contributed by atoms with Gasteiger partial charge in [0.15, 0.2) is 0 Å². The predicted octanol–water partition coefficient (Wildman–Crippen LogP) is 4.29. The molecular weight excluding hydrogens is 379 g/mol. The zero-order valence-corrected chi connectivity index (χ0v) is 16.0. The van der Waals surface area contributed by atoms with E-state index < -0.39 is 15.8 Å². The number of sulfonamides is 1. The Balaban J connectivity index is 1.81. The standard InChI is InChI=1S/C21H19FN2O3S/c1-2-24(19-9-4-3-5-10-19)21(25)16-11-13-20(14-12-16)28(26,27)23-18-8-6-7-17(22)15-18/h3-15,23H,2H2,1H3. The van der Waals surface area contributed by atoms with Crippen molar-refractivity contribution in [3.63, 3.8) is 0 Å². The number of nitrogens with zero attached hydrogens (tertiary/aromatic N) is 1. The molecule has 7 heteroatoms. The lowest BCUT2D eigenvalue weighted by molar-refractivity contribution is 0.0988. The zero-order chi connectivity index (χ0) is 20.1. The van der Waals surface area contributed by atoms with E-state index in [-0.39, 0.29) is 16.5 Å². The first-order valence-electron chi connectivity index (χ1n) is 8.66. The minimum absolute atomic E-state index is 0.0175. The molecule has 5 nitrogen and oxygen atoms in total. The number of carbonyl (C=O) groups is 1. The van der Waals surface area contributed by atoms with Gasteiger partial charge in [-0.1, -0.05) is 24.3 Å². The molecule has 3 aromatic rings. The molecule has 0 bridgehead atoms. The average Bonchev–Trinajstić information content (AvgIpc) is 2.69. The van der Waals surface area contributed by atoms with Crippen molar-refractivity contribution in [3.8, 4) is 0 Å². The molecule has 0 spiro atoms. The monoisotopic (exact) mass is 398 g/mol. The number of rotatable bonds is 6. The minimum atomic E-state index is -3.89. The molecular formula is C21H19FN2O3S. The topological polar surface area (TPSA) is 66.5 Å². The maximum atomic E-state index is 13.3. The Morgan fingerprint density at radius 1 is 0.964 bits per heavy atom. The normalized spacial score (nSPS) is 11.1. The van der Waals surface area contributed by atoms with Crippen LogP contribution in [-0.4, -0.2) is 20.9 Å². The van der Waals surface area contributed by atoms with Crippen LogP contribution in [0, 0.1) is 5.82 Å². The third kappa shape index (κ3) is 4.37. The molecule has 0 radical (unpaired) electrons. The summed E-state index contributed by atoms with van der Waals surface area (Å²) in [5.74, 6) is -0.766. The molecule has 0 aliphatic heterocycles. The number of carbonyl (C=O) groups excluding carboxylic acids is 1. The number of nitrogens with one attached hydrogen (secondary N) is 1. The van der Waals surface area contributed by atoms with Crippen molar-refractivity contribution < 1.29 is 17.6 Å². The van der Waals surface area contributed by atoms with Crippen LogP contribution in [-0.2, 0) is 10.0 Å². The second-order valence-corrected chi connectivity index (χ2v) is 7.71. The van der Waals surface area contributed by atoms with E-state index in [0.29, 0.717) is 12.1 Å². The Morgan fingerprint density at radius 3 is 2.25 bits per heavy atom. The van der Waals surface area contributed by atoms with E-state index >= 15 is 0 Å². The van der Waals surface area contributed by atoms with E-state index in [9.17, 15) is 17.6 Å². The lowest BCUT2D eigenvalue weighted by atomic mass is 10.2. The van der Waals surface area contributed by atoms with Gasteiger partial charge in [0.2, 0.25) is 0 Å². The molecule has 0 unspecified atom stereocenters. The smallest absolute Gasteiger partial charge is 0.261 e. The van der Waals surface area contributed by atoms with Crippen molar-refractivity contribution in [2.24, 2.45) is 0 Å². The van der Waals surface area contributed by atoms with Gasteiger partial charge in [0.05, 0.1) is 10.6 Å². The van der Waals surface area contributed by atoms with Crippen LogP contribution in [0.5, 0.6) is 0 Å². The zero-order valence-electron chi connectivity index (χ0n) is 15.2. The highest BCUT2D eigenvalue weighted by Crippen LogP contribution is 2.20. The van der Waals surface area contributed by atoms with Crippen LogP contribution in [0.25, 0.3) is 0 Å². The molecule has 3 aromatic carbocycles. The Labute approximate surface area is 163 Å². The third-order valence-corrected chi connectivity index (χ3v) is 5.51. The molecule has 0 heterocycles. The summed E-state index contributed by atoms with van der Waals surface area (Å²) < 4.78 is 40.5. The highest BCUT2D eigenvalue weighted by Gasteiger charge is 2.18. The van der Waals surface area contributed by atoms with Crippen molar-refractivity contribution in [3.05, 3.63) is 90.2 Å². The van der Waals surface area contributed by atoms with Gasteiger partial charge in [-0.15, -0.1) is 0 Å². The van der Waals surface area contributed by atoms with E-state index in [1.807, 2.05) is 37.3 Å².